The zero-order valence-corrected chi connectivity index (χ0v) is 17.2. The van der Waals surface area contributed by atoms with Crippen molar-refractivity contribution < 1.29 is 9.59 Å². The first kappa shape index (κ1) is 19.7. The molecule has 2 aromatic carbocycles. The zero-order chi connectivity index (χ0) is 20.2. The van der Waals surface area contributed by atoms with E-state index in [1.807, 2.05) is 25.1 Å². The van der Waals surface area contributed by atoms with E-state index in [9.17, 15) is 9.59 Å². The van der Waals surface area contributed by atoms with Crippen LogP contribution in [0.15, 0.2) is 48.5 Å². The number of piperidine rings is 1. The minimum absolute atomic E-state index is 0.115. The molecule has 2 aromatic rings. The molecule has 0 unspecified atom stereocenters. The molecule has 4 nitrogen and oxygen atoms in total. The van der Waals surface area contributed by atoms with Gasteiger partial charge in [-0.05, 0) is 68.4 Å². The van der Waals surface area contributed by atoms with Gasteiger partial charge in [0.05, 0.1) is 0 Å². The van der Waals surface area contributed by atoms with Crippen LogP contribution in [0.3, 0.4) is 0 Å². The number of carbonyl (C=O) groups is 2. The number of rotatable bonds is 4. The molecular formula is C25H30N2O2. The Hall–Kier alpha value is -2.62. The first-order valence-electron chi connectivity index (χ1n) is 10.9. The number of benzene rings is 2. The second-order valence-electron chi connectivity index (χ2n) is 8.50. The van der Waals surface area contributed by atoms with Crippen LogP contribution in [0, 0.1) is 12.8 Å². The molecule has 0 bridgehead atoms. The lowest BCUT2D eigenvalue weighted by Crippen LogP contribution is -2.49. The van der Waals surface area contributed by atoms with Gasteiger partial charge in [-0.15, -0.1) is 0 Å². The first-order valence-corrected chi connectivity index (χ1v) is 10.9. The largest absolute Gasteiger partial charge is 0.348 e. The summed E-state index contributed by atoms with van der Waals surface area (Å²) in [7, 11) is 0. The highest BCUT2D eigenvalue weighted by Gasteiger charge is 2.35. The lowest BCUT2D eigenvalue weighted by Gasteiger charge is -2.44. The van der Waals surface area contributed by atoms with Crippen molar-refractivity contribution in [2.45, 2.75) is 58.0 Å². The Balaban J connectivity index is 1.39. The van der Waals surface area contributed by atoms with Crippen molar-refractivity contribution >= 4 is 11.8 Å². The normalized spacial score (nSPS) is 21.3. The highest BCUT2D eigenvalue weighted by molar-refractivity contribution is 5.98. The van der Waals surface area contributed by atoms with Crippen molar-refractivity contribution in [1.82, 2.24) is 10.2 Å². The summed E-state index contributed by atoms with van der Waals surface area (Å²) in [5.74, 6) is 0.678. The van der Waals surface area contributed by atoms with Crippen LogP contribution >= 0.6 is 0 Å². The van der Waals surface area contributed by atoms with E-state index < -0.39 is 0 Å². The maximum absolute atomic E-state index is 13.1. The van der Waals surface area contributed by atoms with Gasteiger partial charge in [0.1, 0.15) is 0 Å². The van der Waals surface area contributed by atoms with Gasteiger partial charge in [0.2, 0.25) is 0 Å². The molecule has 2 amide bonds. The van der Waals surface area contributed by atoms with Gasteiger partial charge in [-0.25, -0.2) is 0 Å². The molecule has 0 aromatic heterocycles. The molecular weight excluding hydrogens is 360 g/mol. The molecule has 1 aliphatic carbocycles. The van der Waals surface area contributed by atoms with Crippen LogP contribution in [-0.2, 0) is 6.54 Å². The quantitative estimate of drug-likeness (QED) is 0.821. The molecule has 152 valence electrons. The third-order valence-corrected chi connectivity index (χ3v) is 6.43. The summed E-state index contributed by atoms with van der Waals surface area (Å²) in [4.78, 5) is 27.7. The average Bonchev–Trinajstić information content (AvgIpc) is 2.77. The maximum atomic E-state index is 13.1. The Bertz CT molecular complexity index is 873. The van der Waals surface area contributed by atoms with E-state index in [0.717, 1.165) is 24.9 Å². The highest BCUT2D eigenvalue weighted by Crippen LogP contribution is 2.35. The third kappa shape index (κ3) is 4.52. The molecule has 1 N–H and O–H groups in total. The van der Waals surface area contributed by atoms with E-state index in [0.29, 0.717) is 29.6 Å². The Kier molecular flexibility index (Phi) is 5.98. The van der Waals surface area contributed by atoms with Crippen LogP contribution in [0.5, 0.6) is 0 Å². The topological polar surface area (TPSA) is 49.4 Å². The second-order valence-corrected chi connectivity index (χ2v) is 8.50. The monoisotopic (exact) mass is 390 g/mol. The Morgan fingerprint density at radius 3 is 2.48 bits per heavy atom. The summed E-state index contributed by atoms with van der Waals surface area (Å²) in [5, 5.41) is 2.96. The van der Waals surface area contributed by atoms with Crippen molar-refractivity contribution in [2.24, 2.45) is 5.92 Å². The van der Waals surface area contributed by atoms with E-state index in [2.05, 4.69) is 16.3 Å². The number of nitrogens with one attached hydrogen (secondary N) is 1. The molecule has 2 aliphatic rings. The second kappa shape index (κ2) is 8.81. The predicted octanol–water partition coefficient (Wildman–Crippen LogP) is 4.72. The molecule has 2 atom stereocenters. The van der Waals surface area contributed by atoms with Crippen molar-refractivity contribution in [1.29, 1.82) is 0 Å². The fourth-order valence-corrected chi connectivity index (χ4v) is 4.91. The fourth-order valence-electron chi connectivity index (χ4n) is 4.91. The van der Waals surface area contributed by atoms with E-state index >= 15 is 0 Å². The van der Waals surface area contributed by atoms with Crippen molar-refractivity contribution in [2.75, 3.05) is 6.54 Å². The molecule has 0 spiro atoms. The van der Waals surface area contributed by atoms with Crippen molar-refractivity contribution in [3.05, 3.63) is 70.8 Å². The molecule has 4 rings (SSSR count). The van der Waals surface area contributed by atoms with Gasteiger partial charge in [-0.1, -0.05) is 42.7 Å². The van der Waals surface area contributed by atoms with Gasteiger partial charge in [0.15, 0.2) is 0 Å². The van der Waals surface area contributed by atoms with E-state index in [1.165, 1.54) is 31.2 Å². The summed E-state index contributed by atoms with van der Waals surface area (Å²) >= 11 is 0. The number of likely N-dealkylation sites (tertiary alicyclic amines) is 1. The van der Waals surface area contributed by atoms with Gasteiger partial charge < -0.3 is 10.2 Å². The van der Waals surface area contributed by atoms with Crippen LogP contribution in [0.2, 0.25) is 0 Å². The summed E-state index contributed by atoms with van der Waals surface area (Å²) in [5.41, 5.74) is 3.53. The minimum Gasteiger partial charge on any atom is -0.348 e. The zero-order valence-electron chi connectivity index (χ0n) is 17.2. The number of hydrogen-bond acceptors (Lipinski definition) is 2. The molecule has 4 heteroatoms. The number of fused-ring (bicyclic) bond motifs is 1. The fraction of sp³-hybridized carbons (Fsp3) is 0.440. The summed E-state index contributed by atoms with van der Waals surface area (Å²) in [6.07, 6.45) is 7.28. The van der Waals surface area contributed by atoms with Gasteiger partial charge in [0, 0.05) is 30.3 Å². The average molecular weight is 391 g/mol. The SMILES string of the molecule is Cc1cccc(CNC(=O)c2ccc(C(=O)N3CCC[C@@H]4CCCC[C@@H]43)cc2)c1. The number of aryl methyl sites for hydroxylation is 1. The molecule has 29 heavy (non-hydrogen) atoms. The van der Waals surface area contributed by atoms with Gasteiger partial charge in [-0.3, -0.25) is 9.59 Å². The van der Waals surface area contributed by atoms with E-state index in [1.54, 1.807) is 24.3 Å². The number of amides is 2. The summed E-state index contributed by atoms with van der Waals surface area (Å²) in [6, 6.07) is 15.6. The predicted molar refractivity (Wildman–Crippen MR) is 115 cm³/mol. The highest BCUT2D eigenvalue weighted by atomic mass is 16.2. The lowest BCUT2D eigenvalue weighted by molar-refractivity contribution is 0.0390. The van der Waals surface area contributed by atoms with Crippen LogP contribution < -0.4 is 5.32 Å². The maximum Gasteiger partial charge on any atom is 0.254 e. The molecule has 1 heterocycles. The number of carbonyl (C=O) groups excluding carboxylic acids is 2. The molecule has 1 saturated carbocycles. The lowest BCUT2D eigenvalue weighted by atomic mass is 9.78. The smallest absolute Gasteiger partial charge is 0.254 e. The number of hydrogen-bond donors (Lipinski definition) is 1. The van der Waals surface area contributed by atoms with Crippen LogP contribution in [0.25, 0.3) is 0 Å². The van der Waals surface area contributed by atoms with Crippen LogP contribution in [-0.4, -0.2) is 29.3 Å². The minimum atomic E-state index is -0.115. The first-order chi connectivity index (χ1) is 14.1. The van der Waals surface area contributed by atoms with Crippen molar-refractivity contribution in [3.63, 3.8) is 0 Å². The van der Waals surface area contributed by atoms with Gasteiger partial charge >= 0.3 is 0 Å². The molecule has 0 radical (unpaired) electrons. The Morgan fingerprint density at radius 1 is 0.966 bits per heavy atom. The molecule has 1 aliphatic heterocycles. The standard InChI is InChI=1S/C25H30N2O2/c1-18-6-4-7-19(16-18)17-26-24(28)21-11-13-22(14-12-21)25(29)27-15-5-9-20-8-2-3-10-23(20)27/h4,6-7,11-14,16,20,23H,2-3,5,8-10,15,17H2,1H3,(H,26,28)/t20-,23-/m0/s1. The summed E-state index contributed by atoms with van der Waals surface area (Å²) in [6.45, 7) is 3.40. The summed E-state index contributed by atoms with van der Waals surface area (Å²) < 4.78 is 0. The van der Waals surface area contributed by atoms with Gasteiger partial charge in [-0.2, -0.15) is 0 Å². The molecule has 1 saturated heterocycles. The number of nitrogens with zero attached hydrogens (tertiary/aromatic N) is 1. The van der Waals surface area contributed by atoms with Crippen LogP contribution in [0.4, 0.5) is 0 Å². The van der Waals surface area contributed by atoms with Crippen molar-refractivity contribution in [3.8, 4) is 0 Å². The van der Waals surface area contributed by atoms with Gasteiger partial charge in [0.25, 0.3) is 11.8 Å². The Labute approximate surface area is 173 Å². The van der Waals surface area contributed by atoms with E-state index in [4.69, 9.17) is 0 Å². The molecule has 2 fully saturated rings. The Morgan fingerprint density at radius 2 is 1.69 bits per heavy atom. The van der Waals surface area contributed by atoms with Crippen LogP contribution in [0.1, 0.15) is 70.4 Å². The van der Waals surface area contributed by atoms with E-state index in [-0.39, 0.29) is 11.8 Å². The third-order valence-electron chi connectivity index (χ3n) is 6.43.